The monoisotopic (exact) mass is 294 g/mol. The molecule has 0 radical (unpaired) electrons. The van der Waals surface area contributed by atoms with E-state index >= 15 is 0 Å². The van der Waals surface area contributed by atoms with Gasteiger partial charge in [0.1, 0.15) is 4.90 Å². The molecule has 0 unspecified atom stereocenters. The zero-order valence-corrected chi connectivity index (χ0v) is 11.1. The fourth-order valence-electron chi connectivity index (χ4n) is 1.53. The maximum absolute atomic E-state index is 11.2. The van der Waals surface area contributed by atoms with Gasteiger partial charge in [-0.05, 0) is 12.0 Å². The number of nitrogens with two attached hydrogens (primary N) is 1. The maximum atomic E-state index is 11.2. The Balaban J connectivity index is 3.84. The Morgan fingerprint density at radius 2 is 2.00 bits per heavy atom. The molecule has 1 aromatic rings. The summed E-state index contributed by atoms with van der Waals surface area (Å²) >= 11 is 5.70. The Hall–Kier alpha value is -1.38. The lowest BCUT2D eigenvalue weighted by Crippen LogP contribution is -2.14. The minimum atomic E-state index is -4.35. The molecule has 1 rings (SSSR count). The van der Waals surface area contributed by atoms with Gasteiger partial charge in [-0.2, -0.15) is 0 Å². The molecule has 0 aliphatic carbocycles. The molecule has 0 saturated carbocycles. The van der Waals surface area contributed by atoms with Crippen molar-refractivity contribution in [1.82, 2.24) is 0 Å². The highest BCUT2D eigenvalue weighted by Crippen LogP contribution is 2.42. The van der Waals surface area contributed by atoms with Crippen LogP contribution < -0.4 is 5.14 Å². The van der Waals surface area contributed by atoms with Crippen molar-refractivity contribution in [3.8, 4) is 5.75 Å². The van der Waals surface area contributed by atoms with E-state index in [-0.39, 0.29) is 16.5 Å². The number of sulfonamides is 1. The number of phenolic OH excluding ortho intramolecular Hbond substituents is 1. The molecule has 0 aliphatic rings. The molecule has 1 aromatic carbocycles. The zero-order valence-electron chi connectivity index (χ0n) is 9.55. The molecule has 18 heavy (non-hydrogen) atoms. The molecule has 9 heteroatoms. The topological polar surface area (TPSA) is 124 Å². The van der Waals surface area contributed by atoms with Crippen LogP contribution in [0.3, 0.4) is 0 Å². The van der Waals surface area contributed by atoms with E-state index in [0.717, 1.165) is 6.07 Å². The first-order valence-electron chi connectivity index (χ1n) is 4.80. The summed E-state index contributed by atoms with van der Waals surface area (Å²) in [6.07, 6.45) is 0. The molecule has 0 heterocycles. The van der Waals surface area contributed by atoms with Gasteiger partial charge in [-0.25, -0.2) is 13.6 Å². The Kier molecular flexibility index (Phi) is 3.84. The van der Waals surface area contributed by atoms with Gasteiger partial charge in [0.25, 0.3) is 0 Å². The third kappa shape index (κ3) is 2.55. The normalized spacial score (nSPS) is 11.8. The van der Waals surface area contributed by atoms with Crippen molar-refractivity contribution >= 4 is 27.3 Å². The van der Waals surface area contributed by atoms with Crippen LogP contribution in [0.4, 0.5) is 5.69 Å². The molecule has 0 aromatic heterocycles. The summed E-state index contributed by atoms with van der Waals surface area (Å²) in [5.41, 5.74) is -0.562. The third-order valence-electron chi connectivity index (χ3n) is 2.30. The summed E-state index contributed by atoms with van der Waals surface area (Å²) in [7, 11) is -4.35. The van der Waals surface area contributed by atoms with Crippen molar-refractivity contribution in [2.75, 3.05) is 0 Å². The number of halogens is 1. The highest BCUT2D eigenvalue weighted by molar-refractivity contribution is 7.89. The number of hydrogen-bond acceptors (Lipinski definition) is 5. The number of benzene rings is 1. The zero-order chi connectivity index (χ0) is 14.2. The molecule has 0 atom stereocenters. The van der Waals surface area contributed by atoms with Gasteiger partial charge >= 0.3 is 5.69 Å². The molecule has 7 nitrogen and oxygen atoms in total. The van der Waals surface area contributed by atoms with Crippen LogP contribution in [0.1, 0.15) is 25.3 Å². The summed E-state index contributed by atoms with van der Waals surface area (Å²) in [5, 5.41) is 25.1. The van der Waals surface area contributed by atoms with Crippen molar-refractivity contribution < 1.29 is 18.4 Å². The number of hydrogen-bond donors (Lipinski definition) is 2. The lowest BCUT2D eigenvalue weighted by atomic mass is 10.0. The molecule has 0 bridgehead atoms. The first-order chi connectivity index (χ1) is 8.07. The molecule has 0 aliphatic heterocycles. The van der Waals surface area contributed by atoms with Gasteiger partial charge in [0, 0.05) is 5.56 Å². The van der Waals surface area contributed by atoms with Crippen LogP contribution in [0.5, 0.6) is 5.75 Å². The largest absolute Gasteiger partial charge is 0.501 e. The number of nitro benzene ring substituents is 1. The molecule has 3 N–H and O–H groups in total. The van der Waals surface area contributed by atoms with Crippen molar-refractivity contribution in [3.05, 3.63) is 26.8 Å². The predicted molar refractivity (Wildman–Crippen MR) is 65.2 cm³/mol. The molecular weight excluding hydrogens is 284 g/mol. The SMILES string of the molecule is CC(C)c1cc(Cl)c(S(N)(=O)=O)c(O)c1[N+](=O)[O-]. The van der Waals surface area contributed by atoms with Crippen molar-refractivity contribution in [2.24, 2.45) is 5.14 Å². The van der Waals surface area contributed by atoms with Crippen molar-refractivity contribution in [2.45, 2.75) is 24.7 Å². The average molecular weight is 295 g/mol. The molecule has 0 amide bonds. The molecule has 0 spiro atoms. The minimum Gasteiger partial charge on any atom is -0.501 e. The summed E-state index contributed by atoms with van der Waals surface area (Å²) in [6.45, 7) is 3.30. The lowest BCUT2D eigenvalue weighted by Gasteiger charge is -2.11. The van der Waals surface area contributed by atoms with Crippen LogP contribution in [0.2, 0.25) is 5.02 Å². The molecular formula is C9H11ClN2O5S. The van der Waals surface area contributed by atoms with E-state index in [4.69, 9.17) is 16.7 Å². The van der Waals surface area contributed by atoms with Crippen LogP contribution >= 0.6 is 11.6 Å². The standard InChI is InChI=1S/C9H11ClN2O5S/c1-4(2)5-3-6(10)9(18(11,16)17)8(13)7(5)12(14)15/h3-4,13H,1-2H3,(H2,11,16,17). The summed E-state index contributed by atoms with van der Waals surface area (Å²) in [6, 6.07) is 1.13. The fourth-order valence-corrected chi connectivity index (χ4v) is 2.76. The van der Waals surface area contributed by atoms with Gasteiger partial charge in [-0.3, -0.25) is 10.1 Å². The van der Waals surface area contributed by atoms with E-state index < -0.39 is 31.3 Å². The second-order valence-electron chi connectivity index (χ2n) is 3.93. The van der Waals surface area contributed by atoms with E-state index in [2.05, 4.69) is 0 Å². The minimum absolute atomic E-state index is 0.134. The van der Waals surface area contributed by atoms with E-state index in [1.54, 1.807) is 13.8 Å². The van der Waals surface area contributed by atoms with Crippen LogP contribution in [0.15, 0.2) is 11.0 Å². The lowest BCUT2D eigenvalue weighted by molar-refractivity contribution is -0.386. The Morgan fingerprint density at radius 1 is 1.50 bits per heavy atom. The van der Waals surface area contributed by atoms with Gasteiger partial charge in [0.15, 0.2) is 0 Å². The van der Waals surface area contributed by atoms with Gasteiger partial charge in [-0.15, -0.1) is 0 Å². The number of aromatic hydroxyl groups is 1. The number of primary sulfonamides is 1. The summed E-state index contributed by atoms with van der Waals surface area (Å²) in [4.78, 5) is 9.21. The third-order valence-corrected chi connectivity index (χ3v) is 3.69. The van der Waals surface area contributed by atoms with E-state index in [0.29, 0.717) is 0 Å². The fraction of sp³-hybridized carbons (Fsp3) is 0.333. The van der Waals surface area contributed by atoms with Crippen LogP contribution in [0.25, 0.3) is 0 Å². The van der Waals surface area contributed by atoms with Crippen LogP contribution in [-0.2, 0) is 10.0 Å². The molecule has 100 valence electrons. The Morgan fingerprint density at radius 3 is 2.33 bits per heavy atom. The maximum Gasteiger partial charge on any atom is 0.315 e. The quantitative estimate of drug-likeness (QED) is 0.649. The number of rotatable bonds is 3. The molecule has 0 saturated heterocycles. The van der Waals surface area contributed by atoms with Gasteiger partial charge in [-0.1, -0.05) is 25.4 Å². The van der Waals surface area contributed by atoms with E-state index in [1.807, 2.05) is 0 Å². The first-order valence-corrected chi connectivity index (χ1v) is 6.72. The Bertz CT molecular complexity index is 612. The summed E-state index contributed by atoms with van der Waals surface area (Å²) in [5.74, 6) is -1.35. The highest BCUT2D eigenvalue weighted by atomic mass is 35.5. The second kappa shape index (κ2) is 4.71. The number of phenols is 1. The number of nitrogens with zero attached hydrogens (tertiary/aromatic N) is 1. The van der Waals surface area contributed by atoms with Crippen LogP contribution in [-0.4, -0.2) is 18.4 Å². The predicted octanol–water partition coefficient (Wildman–Crippen LogP) is 1.72. The van der Waals surface area contributed by atoms with E-state index in [1.165, 1.54) is 0 Å². The number of nitro groups is 1. The smallest absolute Gasteiger partial charge is 0.315 e. The summed E-state index contributed by atoms with van der Waals surface area (Å²) < 4.78 is 22.5. The Labute approximate surface area is 108 Å². The van der Waals surface area contributed by atoms with E-state index in [9.17, 15) is 23.6 Å². The highest BCUT2D eigenvalue weighted by Gasteiger charge is 2.31. The van der Waals surface area contributed by atoms with Crippen molar-refractivity contribution in [3.63, 3.8) is 0 Å². The van der Waals surface area contributed by atoms with Crippen molar-refractivity contribution in [1.29, 1.82) is 0 Å². The average Bonchev–Trinajstić information content (AvgIpc) is 2.12. The molecule has 0 fully saturated rings. The van der Waals surface area contributed by atoms with Gasteiger partial charge in [0.2, 0.25) is 15.8 Å². The second-order valence-corrected chi connectivity index (χ2v) is 5.84. The van der Waals surface area contributed by atoms with Gasteiger partial charge < -0.3 is 5.11 Å². The van der Waals surface area contributed by atoms with Crippen LogP contribution in [0, 0.1) is 10.1 Å². The first kappa shape index (κ1) is 14.7. The van der Waals surface area contributed by atoms with Gasteiger partial charge in [0.05, 0.1) is 9.95 Å².